The van der Waals surface area contributed by atoms with Gasteiger partial charge in [0.05, 0.1) is 5.76 Å². The Kier molecular flexibility index (Phi) is 13.5. The number of carbonyl (C=O) groups is 3. The summed E-state index contributed by atoms with van der Waals surface area (Å²) in [4.78, 5) is 33.4. The summed E-state index contributed by atoms with van der Waals surface area (Å²) >= 11 is 0. The van der Waals surface area contributed by atoms with Crippen LogP contribution in [0.3, 0.4) is 0 Å². The molecule has 0 unspecified atom stereocenters. The van der Waals surface area contributed by atoms with E-state index in [0.717, 1.165) is 6.79 Å². The second kappa shape index (κ2) is 13.3. The zero-order valence-electron chi connectivity index (χ0n) is 16.5. The Morgan fingerprint density at radius 3 is 1.44 bits per heavy atom. The van der Waals surface area contributed by atoms with Crippen molar-refractivity contribution in [1.29, 1.82) is 0 Å². The van der Waals surface area contributed by atoms with Gasteiger partial charge in [-0.3, -0.25) is 19.1 Å². The van der Waals surface area contributed by atoms with E-state index in [4.69, 9.17) is 23.7 Å². The Morgan fingerprint density at radius 2 is 1.11 bits per heavy atom. The molecule has 0 fully saturated rings. The average Bonchev–Trinajstić information content (AvgIpc) is 2.43. The Labute approximate surface area is 171 Å². The summed E-state index contributed by atoms with van der Waals surface area (Å²) in [5, 5.41) is 0. The quantitative estimate of drug-likeness (QED) is 0.206. The van der Waals surface area contributed by atoms with Crippen LogP contribution < -0.4 is 0 Å². The zero-order chi connectivity index (χ0) is 20.3. The van der Waals surface area contributed by atoms with Gasteiger partial charge in [-0.1, -0.05) is 0 Å². The van der Waals surface area contributed by atoms with E-state index in [0.29, 0.717) is 0 Å². The molecule has 0 aromatic rings. The maximum atomic E-state index is 11.2. The average molecular weight is 420 g/mol. The van der Waals surface area contributed by atoms with Crippen molar-refractivity contribution in [2.75, 3.05) is 7.11 Å². The van der Waals surface area contributed by atoms with Crippen LogP contribution in [0.1, 0.15) is 41.5 Å². The van der Waals surface area contributed by atoms with Crippen LogP contribution in [0.5, 0.6) is 0 Å². The third kappa shape index (κ3) is 13.0. The van der Waals surface area contributed by atoms with Crippen LogP contribution in [0.4, 0.5) is 0 Å². The molecule has 0 aromatic heterocycles. The van der Waals surface area contributed by atoms with Crippen LogP contribution in [-0.2, 0) is 56.6 Å². The molecule has 0 amide bonds. The summed E-state index contributed by atoms with van der Waals surface area (Å²) in [6, 6.07) is 0. The second-order valence-electron chi connectivity index (χ2n) is 5.34. The second-order valence-corrected chi connectivity index (χ2v) is 5.34. The molecule has 0 aliphatic heterocycles. The molecule has 0 aliphatic carbocycles. The summed E-state index contributed by atoms with van der Waals surface area (Å²) in [5.74, 6) is -0.192. The summed E-state index contributed by atoms with van der Waals surface area (Å²) in [6.45, 7) is 9.43. The first-order valence-corrected chi connectivity index (χ1v) is 7.65. The van der Waals surface area contributed by atoms with Gasteiger partial charge in [0.1, 0.15) is 11.5 Å². The predicted molar refractivity (Wildman–Crippen MR) is 91.7 cm³/mol. The monoisotopic (exact) mass is 420 g/mol. The van der Waals surface area contributed by atoms with Gasteiger partial charge in [0, 0.05) is 43.9 Å². The van der Waals surface area contributed by atoms with Crippen LogP contribution in [0, 0.1) is 6.79 Å². The van der Waals surface area contributed by atoms with Gasteiger partial charge < -0.3 is 18.9 Å². The third-order valence-corrected chi connectivity index (χ3v) is 2.47. The van der Waals surface area contributed by atoms with Crippen molar-refractivity contribution in [1.82, 2.24) is 0 Å². The molecule has 0 atom stereocenters. The van der Waals surface area contributed by atoms with Gasteiger partial charge >= 0.3 is 6.16 Å². The SMILES string of the molecule is COC(O[CH-]O/C(C)=C/C(C)=O)(O/C(C)=C/C(C)=O)O/C(C)=C/C(C)=O.[V]. The van der Waals surface area contributed by atoms with Gasteiger partial charge in [0.15, 0.2) is 17.3 Å². The molecule has 0 saturated heterocycles. The fourth-order valence-electron chi connectivity index (χ4n) is 1.71. The van der Waals surface area contributed by atoms with Gasteiger partial charge in [-0.2, -0.15) is 0 Å². The topological polar surface area (TPSA) is 97.4 Å². The molecule has 0 saturated carbocycles. The smallest absolute Gasteiger partial charge is 0.481 e. The van der Waals surface area contributed by atoms with E-state index in [1.807, 2.05) is 0 Å². The Morgan fingerprint density at radius 1 is 0.741 bits per heavy atom. The minimum Gasteiger partial charge on any atom is -0.638 e. The molecule has 0 N–H and O–H groups in total. The van der Waals surface area contributed by atoms with Crippen LogP contribution in [0.2, 0.25) is 0 Å². The molecule has 0 heterocycles. The van der Waals surface area contributed by atoms with Crippen LogP contribution in [0.15, 0.2) is 35.5 Å². The Bertz CT molecular complexity index is 587. The number of carbonyl (C=O) groups excluding carboxylic acids is 3. The molecule has 27 heavy (non-hydrogen) atoms. The fourth-order valence-corrected chi connectivity index (χ4v) is 1.71. The van der Waals surface area contributed by atoms with Gasteiger partial charge in [-0.15, -0.1) is 0 Å². The van der Waals surface area contributed by atoms with Crippen molar-refractivity contribution >= 4 is 17.3 Å². The summed E-state index contributed by atoms with van der Waals surface area (Å²) in [7, 11) is 1.23. The number of allylic oxidation sites excluding steroid dienone is 6. The van der Waals surface area contributed by atoms with Crippen molar-refractivity contribution in [3.05, 3.63) is 42.3 Å². The normalized spacial score (nSPS) is 12.8. The molecular weight excluding hydrogens is 395 g/mol. The number of rotatable bonds is 12. The summed E-state index contributed by atoms with van der Waals surface area (Å²) in [6.07, 6.45) is 1.50. The number of ether oxygens (including phenoxy) is 5. The molecule has 0 bridgehead atoms. The van der Waals surface area contributed by atoms with E-state index in [-0.39, 0.29) is 53.2 Å². The molecule has 0 spiro atoms. The van der Waals surface area contributed by atoms with E-state index in [1.165, 1.54) is 60.0 Å². The van der Waals surface area contributed by atoms with Crippen molar-refractivity contribution in [3.8, 4) is 0 Å². The van der Waals surface area contributed by atoms with Gasteiger partial charge in [0.2, 0.25) is 0 Å². The zero-order valence-corrected chi connectivity index (χ0v) is 17.9. The van der Waals surface area contributed by atoms with Crippen molar-refractivity contribution in [2.45, 2.75) is 47.7 Å². The van der Waals surface area contributed by atoms with E-state index in [9.17, 15) is 14.4 Å². The molecule has 0 aromatic carbocycles. The minimum atomic E-state index is -2.15. The van der Waals surface area contributed by atoms with E-state index < -0.39 is 6.16 Å². The van der Waals surface area contributed by atoms with Gasteiger partial charge in [-0.05, 0) is 48.3 Å². The largest absolute Gasteiger partial charge is 0.638 e. The van der Waals surface area contributed by atoms with Crippen molar-refractivity contribution < 1.29 is 56.6 Å². The molecule has 0 aliphatic rings. The fraction of sp³-hybridized carbons (Fsp3) is 0.444. The maximum absolute atomic E-state index is 11.2. The molecular formula is C18H25O8V-. The minimum absolute atomic E-state index is 0. The van der Waals surface area contributed by atoms with Gasteiger partial charge in [-0.25, -0.2) is 0 Å². The number of hydrogen-bond donors (Lipinski definition) is 0. The molecule has 0 rings (SSSR count). The van der Waals surface area contributed by atoms with Crippen LogP contribution >= 0.6 is 0 Å². The molecule has 9 heteroatoms. The predicted octanol–water partition coefficient (Wildman–Crippen LogP) is 2.91. The van der Waals surface area contributed by atoms with E-state index in [1.54, 1.807) is 6.92 Å². The first-order valence-electron chi connectivity index (χ1n) is 7.65. The van der Waals surface area contributed by atoms with Crippen molar-refractivity contribution in [2.24, 2.45) is 0 Å². The first-order chi connectivity index (χ1) is 12.0. The Hall–Kier alpha value is -1.87. The van der Waals surface area contributed by atoms with E-state index >= 15 is 0 Å². The summed E-state index contributed by atoms with van der Waals surface area (Å²) in [5.41, 5.74) is 0. The summed E-state index contributed by atoms with van der Waals surface area (Å²) < 4.78 is 26.4. The number of ketones is 3. The number of hydrogen-bond acceptors (Lipinski definition) is 8. The molecule has 151 valence electrons. The van der Waals surface area contributed by atoms with Gasteiger partial charge in [0.25, 0.3) is 0 Å². The van der Waals surface area contributed by atoms with E-state index in [2.05, 4.69) is 0 Å². The third-order valence-electron chi connectivity index (χ3n) is 2.47. The standard InChI is InChI=1S/C18H25O8.V/c1-12(19)8-15(4)23-11-24-18(22-7,25-16(5)9-13(2)20)26-17(6)10-14(3)21;/h8-11H,1-7H3;/q-1;/b15-8+,16-9+,17-10+;. The van der Waals surface area contributed by atoms with Crippen molar-refractivity contribution in [3.63, 3.8) is 0 Å². The van der Waals surface area contributed by atoms with Crippen LogP contribution in [0.25, 0.3) is 0 Å². The molecule has 8 nitrogen and oxygen atoms in total. The Balaban J connectivity index is 0. The number of methoxy groups -OCH3 is 1. The van der Waals surface area contributed by atoms with Crippen LogP contribution in [-0.4, -0.2) is 30.6 Å². The first kappa shape index (κ1) is 27.4. The maximum Gasteiger partial charge on any atom is 0.481 e. The molecule has 1 radical (unpaired) electrons.